The van der Waals surface area contributed by atoms with Crippen LogP contribution in [0.15, 0.2) is 18.2 Å². The van der Waals surface area contributed by atoms with Crippen molar-refractivity contribution in [1.29, 1.82) is 0 Å². The van der Waals surface area contributed by atoms with Gasteiger partial charge in [-0.15, -0.1) is 0 Å². The SMILES string of the molecule is CCN(C(=O)c1cccc(F)c1Cl)C1CCC(N)CC1. The molecule has 3 nitrogen and oxygen atoms in total. The first-order chi connectivity index (χ1) is 9.54. The van der Waals surface area contributed by atoms with Crippen molar-refractivity contribution in [2.45, 2.75) is 44.7 Å². The predicted octanol–water partition coefficient (Wildman–Crippen LogP) is 3.21. The molecule has 0 spiro atoms. The van der Waals surface area contributed by atoms with Gasteiger partial charge in [-0.3, -0.25) is 4.79 Å². The van der Waals surface area contributed by atoms with Gasteiger partial charge in [0.05, 0.1) is 10.6 Å². The van der Waals surface area contributed by atoms with Crippen LogP contribution in [0.5, 0.6) is 0 Å². The van der Waals surface area contributed by atoms with E-state index in [1.807, 2.05) is 6.92 Å². The van der Waals surface area contributed by atoms with E-state index >= 15 is 0 Å². The highest BCUT2D eigenvalue weighted by atomic mass is 35.5. The van der Waals surface area contributed by atoms with Gasteiger partial charge in [0.1, 0.15) is 5.82 Å². The van der Waals surface area contributed by atoms with Crippen molar-refractivity contribution in [2.24, 2.45) is 5.73 Å². The maximum absolute atomic E-state index is 13.5. The van der Waals surface area contributed by atoms with Crippen LogP contribution >= 0.6 is 11.6 Å². The van der Waals surface area contributed by atoms with Gasteiger partial charge in [0, 0.05) is 18.6 Å². The second kappa shape index (κ2) is 6.55. The first kappa shape index (κ1) is 15.3. The molecular weight excluding hydrogens is 279 g/mol. The number of nitrogens with two attached hydrogens (primary N) is 1. The Bertz CT molecular complexity index is 487. The molecule has 0 bridgehead atoms. The summed E-state index contributed by atoms with van der Waals surface area (Å²) in [7, 11) is 0. The Morgan fingerprint density at radius 3 is 2.65 bits per heavy atom. The van der Waals surface area contributed by atoms with Gasteiger partial charge in [0.25, 0.3) is 5.91 Å². The number of benzene rings is 1. The van der Waals surface area contributed by atoms with Crippen LogP contribution < -0.4 is 5.73 Å². The first-order valence-corrected chi connectivity index (χ1v) is 7.43. The fraction of sp³-hybridized carbons (Fsp3) is 0.533. The Hall–Kier alpha value is -1.13. The van der Waals surface area contributed by atoms with Crippen molar-refractivity contribution in [3.8, 4) is 0 Å². The lowest BCUT2D eigenvalue weighted by Gasteiger charge is -2.35. The van der Waals surface area contributed by atoms with Crippen LogP contribution in [0.4, 0.5) is 4.39 Å². The van der Waals surface area contributed by atoms with Crippen LogP contribution in [-0.4, -0.2) is 29.4 Å². The summed E-state index contributed by atoms with van der Waals surface area (Å²) in [5.41, 5.74) is 6.13. The van der Waals surface area contributed by atoms with Gasteiger partial charge in [0.15, 0.2) is 0 Å². The van der Waals surface area contributed by atoms with Gasteiger partial charge < -0.3 is 10.6 Å². The van der Waals surface area contributed by atoms with Gasteiger partial charge in [-0.2, -0.15) is 0 Å². The number of carbonyl (C=O) groups is 1. The monoisotopic (exact) mass is 298 g/mol. The lowest BCUT2D eigenvalue weighted by Crippen LogP contribution is -2.44. The molecule has 0 radical (unpaired) electrons. The van der Waals surface area contributed by atoms with Crippen molar-refractivity contribution in [3.63, 3.8) is 0 Å². The quantitative estimate of drug-likeness (QED) is 0.931. The lowest BCUT2D eigenvalue weighted by atomic mass is 9.90. The van der Waals surface area contributed by atoms with E-state index in [0.717, 1.165) is 25.7 Å². The number of amides is 1. The molecule has 0 saturated heterocycles. The third kappa shape index (κ3) is 3.13. The highest BCUT2D eigenvalue weighted by Crippen LogP contribution is 2.26. The van der Waals surface area contributed by atoms with E-state index in [1.165, 1.54) is 12.1 Å². The number of hydrogen-bond donors (Lipinski definition) is 1. The highest BCUT2D eigenvalue weighted by Gasteiger charge is 2.28. The van der Waals surface area contributed by atoms with Gasteiger partial charge in [0.2, 0.25) is 0 Å². The third-order valence-electron chi connectivity index (χ3n) is 3.97. The normalized spacial score (nSPS) is 22.6. The fourth-order valence-corrected chi connectivity index (χ4v) is 3.01. The Kier molecular flexibility index (Phi) is 5.00. The Morgan fingerprint density at radius 1 is 1.40 bits per heavy atom. The molecule has 1 amide bonds. The molecular formula is C15H20ClFN2O. The zero-order valence-corrected chi connectivity index (χ0v) is 12.4. The standard InChI is InChI=1S/C15H20ClFN2O/c1-2-19(11-8-6-10(18)7-9-11)15(20)12-4-3-5-13(17)14(12)16/h3-5,10-11H,2,6-9,18H2,1H3. The number of rotatable bonds is 3. The molecule has 110 valence electrons. The summed E-state index contributed by atoms with van der Waals surface area (Å²) in [5, 5.41) is -0.0940. The van der Waals surface area contributed by atoms with E-state index in [2.05, 4.69) is 0 Å². The number of halogens is 2. The molecule has 0 heterocycles. The van der Waals surface area contributed by atoms with Gasteiger partial charge >= 0.3 is 0 Å². The molecule has 5 heteroatoms. The van der Waals surface area contributed by atoms with E-state index in [9.17, 15) is 9.18 Å². The van der Waals surface area contributed by atoms with E-state index in [1.54, 1.807) is 11.0 Å². The average molecular weight is 299 g/mol. The maximum Gasteiger partial charge on any atom is 0.255 e. The molecule has 20 heavy (non-hydrogen) atoms. The molecule has 1 saturated carbocycles. The van der Waals surface area contributed by atoms with Crippen LogP contribution in [0.3, 0.4) is 0 Å². The largest absolute Gasteiger partial charge is 0.336 e. The zero-order valence-electron chi connectivity index (χ0n) is 11.6. The molecule has 1 aliphatic carbocycles. The van der Waals surface area contributed by atoms with Crippen LogP contribution in [0.2, 0.25) is 5.02 Å². The minimum Gasteiger partial charge on any atom is -0.336 e. The summed E-state index contributed by atoms with van der Waals surface area (Å²) in [6.45, 7) is 2.52. The number of nitrogens with zero attached hydrogens (tertiary/aromatic N) is 1. The molecule has 2 rings (SSSR count). The van der Waals surface area contributed by atoms with Crippen LogP contribution in [-0.2, 0) is 0 Å². The molecule has 1 fully saturated rings. The van der Waals surface area contributed by atoms with Crippen molar-refractivity contribution in [3.05, 3.63) is 34.6 Å². The number of hydrogen-bond acceptors (Lipinski definition) is 2. The molecule has 1 aromatic rings. The van der Waals surface area contributed by atoms with Gasteiger partial charge in [-0.05, 0) is 44.7 Å². The Balaban J connectivity index is 2.19. The van der Waals surface area contributed by atoms with Crippen molar-refractivity contribution < 1.29 is 9.18 Å². The summed E-state index contributed by atoms with van der Waals surface area (Å²) < 4.78 is 13.5. The van der Waals surface area contributed by atoms with Gasteiger partial charge in [-0.25, -0.2) is 4.39 Å². The second-order valence-corrected chi connectivity index (χ2v) is 5.64. The Labute approximate surface area is 123 Å². The van der Waals surface area contributed by atoms with E-state index in [4.69, 9.17) is 17.3 Å². The topological polar surface area (TPSA) is 46.3 Å². The first-order valence-electron chi connectivity index (χ1n) is 7.05. The summed E-state index contributed by atoms with van der Waals surface area (Å²) >= 11 is 5.91. The molecule has 0 atom stereocenters. The summed E-state index contributed by atoms with van der Waals surface area (Å²) in [4.78, 5) is 14.4. The summed E-state index contributed by atoms with van der Waals surface area (Å²) in [5.74, 6) is -0.753. The maximum atomic E-state index is 13.5. The summed E-state index contributed by atoms with van der Waals surface area (Å²) in [6.07, 6.45) is 3.64. The molecule has 1 aliphatic rings. The van der Waals surface area contributed by atoms with E-state index in [-0.39, 0.29) is 28.6 Å². The minimum absolute atomic E-state index is 0.0940. The van der Waals surface area contributed by atoms with Crippen LogP contribution in [0, 0.1) is 5.82 Å². The van der Waals surface area contributed by atoms with Gasteiger partial charge in [-0.1, -0.05) is 17.7 Å². The molecule has 1 aromatic carbocycles. The Morgan fingerprint density at radius 2 is 2.05 bits per heavy atom. The smallest absolute Gasteiger partial charge is 0.255 e. The number of carbonyl (C=O) groups excluding carboxylic acids is 1. The molecule has 2 N–H and O–H groups in total. The average Bonchev–Trinajstić information content (AvgIpc) is 2.44. The van der Waals surface area contributed by atoms with Crippen LogP contribution in [0.1, 0.15) is 43.0 Å². The fourth-order valence-electron chi connectivity index (χ4n) is 2.80. The van der Waals surface area contributed by atoms with E-state index < -0.39 is 5.82 Å². The second-order valence-electron chi connectivity index (χ2n) is 5.26. The summed E-state index contributed by atoms with van der Waals surface area (Å²) in [6, 6.07) is 4.75. The van der Waals surface area contributed by atoms with Crippen LogP contribution in [0.25, 0.3) is 0 Å². The minimum atomic E-state index is -0.556. The molecule has 0 aliphatic heterocycles. The van der Waals surface area contributed by atoms with E-state index in [0.29, 0.717) is 6.54 Å². The lowest BCUT2D eigenvalue weighted by molar-refractivity contribution is 0.0640. The third-order valence-corrected chi connectivity index (χ3v) is 4.35. The highest BCUT2D eigenvalue weighted by molar-refractivity contribution is 6.34. The van der Waals surface area contributed by atoms with Crippen molar-refractivity contribution in [1.82, 2.24) is 4.90 Å². The predicted molar refractivity (Wildman–Crippen MR) is 78.4 cm³/mol. The molecule has 0 aromatic heterocycles. The van der Waals surface area contributed by atoms with Crippen molar-refractivity contribution >= 4 is 17.5 Å². The van der Waals surface area contributed by atoms with Crippen molar-refractivity contribution in [2.75, 3.05) is 6.54 Å². The molecule has 0 unspecified atom stereocenters. The zero-order chi connectivity index (χ0) is 14.7.